The first kappa shape index (κ1) is 16.5. The van der Waals surface area contributed by atoms with Crippen LogP contribution < -0.4 is 4.74 Å². The Labute approximate surface area is 145 Å². The highest BCUT2D eigenvalue weighted by Crippen LogP contribution is 2.30. The first-order chi connectivity index (χ1) is 11.5. The third-order valence-electron chi connectivity index (χ3n) is 3.66. The van der Waals surface area contributed by atoms with E-state index in [1.807, 2.05) is 49.8 Å². The highest BCUT2D eigenvalue weighted by molar-refractivity contribution is 6.30. The summed E-state index contributed by atoms with van der Waals surface area (Å²) >= 11 is 6.05. The van der Waals surface area contributed by atoms with Crippen molar-refractivity contribution in [1.29, 1.82) is 0 Å². The summed E-state index contributed by atoms with van der Waals surface area (Å²) in [7, 11) is 0. The Balaban J connectivity index is 1.66. The topological polar surface area (TPSA) is 66.0 Å². The van der Waals surface area contributed by atoms with Gasteiger partial charge in [0.1, 0.15) is 5.75 Å². The zero-order chi connectivity index (χ0) is 17.1. The molecule has 1 aromatic carbocycles. The van der Waals surface area contributed by atoms with Gasteiger partial charge in [0.2, 0.25) is 5.89 Å². The van der Waals surface area contributed by atoms with Crippen molar-refractivity contribution in [1.82, 2.24) is 20.0 Å². The molecule has 126 valence electrons. The molecule has 1 atom stereocenters. The molecule has 3 aromatic rings. The average Bonchev–Trinajstić information content (AvgIpc) is 3.19. The molecule has 0 amide bonds. The molecule has 0 bridgehead atoms. The van der Waals surface area contributed by atoms with Gasteiger partial charge < -0.3 is 9.15 Å². The van der Waals surface area contributed by atoms with Gasteiger partial charge in [0.25, 0.3) is 5.89 Å². The van der Waals surface area contributed by atoms with E-state index in [1.54, 1.807) is 6.20 Å². The Kier molecular flexibility index (Phi) is 4.85. The fraction of sp³-hybridized carbons (Fsp3) is 0.353. The van der Waals surface area contributed by atoms with Crippen LogP contribution in [0.15, 0.2) is 35.0 Å². The second-order valence-electron chi connectivity index (χ2n) is 5.68. The Bertz CT molecular complexity index is 791. The van der Waals surface area contributed by atoms with Crippen LogP contribution in [0.1, 0.15) is 35.9 Å². The quantitative estimate of drug-likeness (QED) is 0.676. The van der Waals surface area contributed by atoms with Gasteiger partial charge in [-0.05, 0) is 50.1 Å². The fourth-order valence-corrected chi connectivity index (χ4v) is 2.81. The molecule has 0 spiro atoms. The summed E-state index contributed by atoms with van der Waals surface area (Å²) < 4.78 is 13.5. The van der Waals surface area contributed by atoms with E-state index in [1.165, 1.54) is 0 Å². The van der Waals surface area contributed by atoms with E-state index < -0.39 is 0 Å². The minimum absolute atomic E-state index is 0.338. The van der Waals surface area contributed by atoms with Crippen LogP contribution in [0, 0.1) is 13.8 Å². The van der Waals surface area contributed by atoms with E-state index >= 15 is 0 Å². The first-order valence-corrected chi connectivity index (χ1v) is 8.14. The van der Waals surface area contributed by atoms with Gasteiger partial charge in [-0.1, -0.05) is 11.6 Å². The predicted molar refractivity (Wildman–Crippen MR) is 90.2 cm³/mol. The van der Waals surface area contributed by atoms with Crippen molar-refractivity contribution in [3.05, 3.63) is 58.5 Å². The Morgan fingerprint density at radius 2 is 2.00 bits per heavy atom. The van der Waals surface area contributed by atoms with Crippen molar-refractivity contribution in [2.45, 2.75) is 39.8 Å². The summed E-state index contributed by atoms with van der Waals surface area (Å²) in [5, 5.41) is 13.0. The average molecular weight is 347 g/mol. The van der Waals surface area contributed by atoms with Crippen molar-refractivity contribution >= 4 is 11.6 Å². The summed E-state index contributed by atoms with van der Waals surface area (Å²) in [6, 6.07) is 5.63. The smallest absolute Gasteiger partial charge is 0.256 e. The zero-order valence-corrected chi connectivity index (χ0v) is 14.6. The number of aryl methyl sites for hydroxylation is 4. The van der Waals surface area contributed by atoms with Crippen LogP contribution >= 0.6 is 11.6 Å². The van der Waals surface area contributed by atoms with Gasteiger partial charge in [0.15, 0.2) is 6.10 Å². The highest BCUT2D eigenvalue weighted by atomic mass is 35.5. The maximum Gasteiger partial charge on any atom is 0.256 e. The van der Waals surface area contributed by atoms with Gasteiger partial charge in [-0.25, -0.2) is 0 Å². The van der Waals surface area contributed by atoms with Gasteiger partial charge in [-0.15, -0.1) is 10.2 Å². The lowest BCUT2D eigenvalue weighted by molar-refractivity contribution is 0.183. The third-order valence-corrected chi connectivity index (χ3v) is 3.88. The van der Waals surface area contributed by atoms with Crippen LogP contribution in [0.2, 0.25) is 5.02 Å². The van der Waals surface area contributed by atoms with E-state index in [0.717, 1.165) is 16.9 Å². The normalized spacial score (nSPS) is 12.3. The number of hydrogen-bond acceptors (Lipinski definition) is 5. The second kappa shape index (κ2) is 7.05. The predicted octanol–water partition coefficient (Wildman–Crippen LogP) is 3.92. The number of ether oxygens (including phenoxy) is 1. The fourth-order valence-electron chi connectivity index (χ4n) is 2.49. The van der Waals surface area contributed by atoms with Crippen molar-refractivity contribution < 1.29 is 9.15 Å². The lowest BCUT2D eigenvalue weighted by Gasteiger charge is -2.16. The number of nitrogens with zero attached hydrogens (tertiary/aromatic N) is 4. The molecule has 7 heteroatoms. The maximum atomic E-state index is 6.05. The molecule has 2 aromatic heterocycles. The molecule has 2 heterocycles. The Morgan fingerprint density at radius 1 is 1.25 bits per heavy atom. The van der Waals surface area contributed by atoms with Crippen molar-refractivity contribution in [3.8, 4) is 5.75 Å². The molecule has 0 aliphatic rings. The van der Waals surface area contributed by atoms with Gasteiger partial charge >= 0.3 is 0 Å². The lowest BCUT2D eigenvalue weighted by Crippen LogP contribution is -2.06. The molecule has 0 fully saturated rings. The van der Waals surface area contributed by atoms with E-state index in [0.29, 0.717) is 29.8 Å². The van der Waals surface area contributed by atoms with Crippen molar-refractivity contribution in [3.63, 3.8) is 0 Å². The van der Waals surface area contributed by atoms with Crippen molar-refractivity contribution in [2.75, 3.05) is 0 Å². The standard InChI is InChI=1S/C17H19ClN4O2/c1-11-9-14(18)10-12(2)16(11)23-13(3)17-21-20-15(24-17)5-8-22-7-4-6-19-22/h4,6-7,9-10,13H,5,8H2,1-3H3/t13-/m0/s1. The molecule has 0 saturated carbocycles. The Morgan fingerprint density at radius 3 is 2.67 bits per heavy atom. The molecule has 3 rings (SSSR count). The van der Waals surface area contributed by atoms with Crippen molar-refractivity contribution in [2.24, 2.45) is 0 Å². The summed E-state index contributed by atoms with van der Waals surface area (Å²) in [6.45, 7) is 6.51. The summed E-state index contributed by atoms with van der Waals surface area (Å²) in [5.41, 5.74) is 1.95. The molecule has 24 heavy (non-hydrogen) atoms. The Hall–Kier alpha value is -2.34. The van der Waals surface area contributed by atoms with E-state index in [-0.39, 0.29) is 6.10 Å². The molecule has 6 nitrogen and oxygen atoms in total. The van der Waals surface area contributed by atoms with Crippen LogP contribution in [0.5, 0.6) is 5.75 Å². The van der Waals surface area contributed by atoms with Crippen LogP contribution in [-0.2, 0) is 13.0 Å². The van der Waals surface area contributed by atoms with Gasteiger partial charge in [-0.3, -0.25) is 4.68 Å². The number of rotatable bonds is 6. The number of halogens is 1. The summed E-state index contributed by atoms with van der Waals surface area (Å²) in [4.78, 5) is 0. The first-order valence-electron chi connectivity index (χ1n) is 7.76. The summed E-state index contributed by atoms with van der Waals surface area (Å²) in [6.07, 6.45) is 3.93. The van der Waals surface area contributed by atoms with Crippen LogP contribution in [-0.4, -0.2) is 20.0 Å². The van der Waals surface area contributed by atoms with Gasteiger partial charge in [0.05, 0.1) is 0 Å². The largest absolute Gasteiger partial charge is 0.480 e. The van der Waals surface area contributed by atoms with Crippen LogP contribution in [0.25, 0.3) is 0 Å². The molecule has 0 aliphatic heterocycles. The molecule has 0 unspecified atom stereocenters. The monoisotopic (exact) mass is 346 g/mol. The minimum atomic E-state index is -0.338. The SMILES string of the molecule is Cc1cc(Cl)cc(C)c1O[C@@H](C)c1nnc(CCn2cccn2)o1. The van der Waals surface area contributed by atoms with Gasteiger partial charge in [-0.2, -0.15) is 5.10 Å². The number of aromatic nitrogens is 4. The molecule has 0 saturated heterocycles. The number of benzene rings is 1. The van der Waals surface area contributed by atoms with E-state index in [2.05, 4.69) is 15.3 Å². The molecular formula is C17H19ClN4O2. The zero-order valence-electron chi connectivity index (χ0n) is 13.9. The number of hydrogen-bond donors (Lipinski definition) is 0. The minimum Gasteiger partial charge on any atom is -0.480 e. The molecule has 0 N–H and O–H groups in total. The second-order valence-corrected chi connectivity index (χ2v) is 6.12. The van der Waals surface area contributed by atoms with Crippen LogP contribution in [0.3, 0.4) is 0 Å². The summed E-state index contributed by atoms with van der Waals surface area (Å²) in [5.74, 6) is 1.82. The third kappa shape index (κ3) is 3.76. The van der Waals surface area contributed by atoms with E-state index in [9.17, 15) is 0 Å². The van der Waals surface area contributed by atoms with Gasteiger partial charge in [0, 0.05) is 30.4 Å². The molecule has 0 aliphatic carbocycles. The maximum absolute atomic E-state index is 6.05. The highest BCUT2D eigenvalue weighted by Gasteiger charge is 2.18. The molecule has 0 radical (unpaired) electrons. The lowest BCUT2D eigenvalue weighted by atomic mass is 10.1. The van der Waals surface area contributed by atoms with Crippen LogP contribution in [0.4, 0.5) is 0 Å². The van der Waals surface area contributed by atoms with E-state index in [4.69, 9.17) is 20.8 Å². The molecular weight excluding hydrogens is 328 g/mol.